The van der Waals surface area contributed by atoms with Crippen LogP contribution in [0.15, 0.2) is 18.7 Å². The van der Waals surface area contributed by atoms with E-state index in [0.29, 0.717) is 0 Å². The number of rotatable bonds is 12. The molecule has 0 aromatic carbocycles. The van der Waals surface area contributed by atoms with Crippen LogP contribution in [0.1, 0.15) is 78.1 Å². The maximum absolute atomic E-state index is 10.0. The number of imidazole rings is 1. The molecule has 0 aliphatic heterocycles. The average molecular weight is 378 g/mol. The predicted octanol–water partition coefficient (Wildman–Crippen LogP) is 4.55. The second-order valence-electron chi connectivity index (χ2n) is 6.33. The summed E-state index contributed by atoms with van der Waals surface area (Å²) in [6.45, 7) is 3.36. The molecular weight excluding hydrogens is 343 g/mol. The van der Waals surface area contributed by atoms with Crippen LogP contribution in [0.2, 0.25) is 3.67 Å². The first kappa shape index (κ1) is 27.4. The first-order chi connectivity index (χ1) is 12.4. The van der Waals surface area contributed by atoms with E-state index < -0.39 is 11.9 Å². The summed E-state index contributed by atoms with van der Waals surface area (Å²) in [5.74, 6) is -1.69. The van der Waals surface area contributed by atoms with E-state index in [1.807, 2.05) is 0 Å². The van der Waals surface area contributed by atoms with Gasteiger partial charge in [-0.25, -0.2) is 4.98 Å². The molecule has 146 valence electrons. The predicted molar refractivity (Wildman–Crippen MR) is 106 cm³/mol. The zero-order chi connectivity index (χ0) is 20.0. The molecule has 7 heteroatoms. The molecule has 1 aromatic heterocycles. The van der Waals surface area contributed by atoms with Crippen LogP contribution in [0.4, 0.5) is 0 Å². The van der Waals surface area contributed by atoms with Gasteiger partial charge >= 0.3 is 109 Å². The van der Waals surface area contributed by atoms with Gasteiger partial charge in [0.2, 0.25) is 0 Å². The van der Waals surface area contributed by atoms with Gasteiger partial charge in [-0.1, -0.05) is 0 Å². The van der Waals surface area contributed by atoms with Gasteiger partial charge in [0.1, 0.15) is 6.54 Å². The Morgan fingerprint density at radius 1 is 0.962 bits per heavy atom. The summed E-state index contributed by atoms with van der Waals surface area (Å²) in [6.07, 6.45) is 19.4. The standard InChI is InChI=1S/C12H25.C5H6N2O2.C2H4O2.Na/c1-3-5-7-9-11-12-10-8-6-4-2;8-5(9)3-7-2-1-6-4-7;1-2(3)4;/h1,3-12H2,2H3;1-2,4H,3H2,(H,8,9);1H3,(H,3,4);. The van der Waals surface area contributed by atoms with Crippen LogP contribution in [0.3, 0.4) is 0 Å². The number of nitrogens with zero attached hydrogens (tertiary/aromatic N) is 2. The summed E-state index contributed by atoms with van der Waals surface area (Å²) in [4.78, 5) is 22.7. The van der Waals surface area contributed by atoms with Gasteiger partial charge in [0.15, 0.2) is 0 Å². The van der Waals surface area contributed by atoms with Crippen molar-refractivity contribution in [1.82, 2.24) is 9.55 Å². The zero-order valence-electron chi connectivity index (χ0n) is 16.8. The smallest absolute Gasteiger partial charge is 0.323 e. The number of aromatic nitrogens is 2. The Labute approximate surface area is 175 Å². The van der Waals surface area contributed by atoms with E-state index in [-0.39, 0.29) is 6.54 Å². The normalized spacial score (nSPS) is 9.54. The molecule has 0 aliphatic rings. The maximum atomic E-state index is 10.0. The summed E-state index contributed by atoms with van der Waals surface area (Å²) >= 11 is 1.41. The molecule has 0 saturated heterocycles. The van der Waals surface area contributed by atoms with Crippen molar-refractivity contribution in [2.45, 2.75) is 88.3 Å². The number of carboxylic acid groups (broad SMARTS) is 2. The fourth-order valence-electron chi connectivity index (χ4n) is 2.27. The second kappa shape index (κ2) is 22.2. The molecule has 0 atom stereocenters. The quantitative estimate of drug-likeness (QED) is 0.411. The summed E-state index contributed by atoms with van der Waals surface area (Å²) in [7, 11) is 0. The van der Waals surface area contributed by atoms with E-state index in [1.165, 1.54) is 107 Å². The first-order valence-electron chi connectivity index (χ1n) is 9.81. The number of carboxylic acids is 2. The van der Waals surface area contributed by atoms with Gasteiger partial charge in [-0.3, -0.25) is 9.59 Å². The molecule has 2 N–H and O–H groups in total. The van der Waals surface area contributed by atoms with Gasteiger partial charge in [-0.05, 0) is 0 Å². The number of aliphatic carboxylic acids is 2. The molecule has 0 saturated carbocycles. The molecule has 0 radical (unpaired) electrons. The monoisotopic (exact) mass is 378 g/mol. The molecule has 0 aliphatic carbocycles. The van der Waals surface area contributed by atoms with Gasteiger partial charge < -0.3 is 14.8 Å². The summed E-state index contributed by atoms with van der Waals surface area (Å²) in [5.41, 5.74) is 0. The third-order valence-corrected chi connectivity index (χ3v) is 4.29. The Morgan fingerprint density at radius 2 is 1.42 bits per heavy atom. The van der Waals surface area contributed by atoms with Crippen LogP contribution in [-0.2, 0) is 16.1 Å². The van der Waals surface area contributed by atoms with Gasteiger partial charge in [-0.15, -0.1) is 0 Å². The molecule has 1 aromatic rings. The third-order valence-electron chi connectivity index (χ3n) is 3.58. The van der Waals surface area contributed by atoms with Crippen LogP contribution in [0.25, 0.3) is 0 Å². The minimum absolute atomic E-state index is 0.0139. The molecular formula is C19H35N2NaO4. The minimum atomic E-state index is -0.854. The topological polar surface area (TPSA) is 92.4 Å². The van der Waals surface area contributed by atoms with Crippen molar-refractivity contribution < 1.29 is 19.8 Å². The summed E-state index contributed by atoms with van der Waals surface area (Å²) in [5, 5.41) is 15.7. The molecule has 0 amide bonds. The van der Waals surface area contributed by atoms with Gasteiger partial charge in [0.05, 0.1) is 6.33 Å². The van der Waals surface area contributed by atoms with Crippen molar-refractivity contribution in [3.63, 3.8) is 0 Å². The molecule has 0 spiro atoms. The fourth-order valence-corrected chi connectivity index (χ4v) is 2.77. The van der Waals surface area contributed by atoms with Crippen molar-refractivity contribution in [3.8, 4) is 0 Å². The van der Waals surface area contributed by atoms with E-state index in [2.05, 4.69) is 11.9 Å². The zero-order valence-corrected chi connectivity index (χ0v) is 18.8. The number of hydrogen-bond donors (Lipinski definition) is 2. The molecule has 0 bridgehead atoms. The van der Waals surface area contributed by atoms with E-state index >= 15 is 0 Å². The summed E-state index contributed by atoms with van der Waals surface area (Å²) in [6, 6.07) is 0. The van der Waals surface area contributed by atoms with Gasteiger partial charge in [-0.2, -0.15) is 0 Å². The molecule has 1 rings (SSSR count). The van der Waals surface area contributed by atoms with E-state index in [9.17, 15) is 4.79 Å². The van der Waals surface area contributed by atoms with Crippen LogP contribution in [0.5, 0.6) is 0 Å². The van der Waals surface area contributed by atoms with Crippen LogP contribution in [-0.4, -0.2) is 59.6 Å². The van der Waals surface area contributed by atoms with Crippen molar-refractivity contribution in [1.29, 1.82) is 0 Å². The van der Waals surface area contributed by atoms with Crippen LogP contribution >= 0.6 is 0 Å². The SMILES string of the molecule is CC(=O)O.CCCCCCCCCCC[CH2][Na].O=C(O)Cn1ccnc1. The molecule has 0 fully saturated rings. The summed E-state index contributed by atoms with van der Waals surface area (Å²) < 4.78 is 3.00. The second-order valence-corrected chi connectivity index (χ2v) is 7.33. The molecule has 0 unspecified atom stereocenters. The van der Waals surface area contributed by atoms with Crippen molar-refractivity contribution in [2.24, 2.45) is 0 Å². The largest absolute Gasteiger partial charge is 0.480 e. The third kappa shape index (κ3) is 28.0. The van der Waals surface area contributed by atoms with E-state index in [0.717, 1.165) is 6.92 Å². The Morgan fingerprint density at radius 3 is 1.77 bits per heavy atom. The van der Waals surface area contributed by atoms with Crippen LogP contribution in [0, 0.1) is 0 Å². The minimum Gasteiger partial charge on any atom is -0.480 e. The maximum Gasteiger partial charge on any atom is 0.323 e. The van der Waals surface area contributed by atoms with Gasteiger partial charge in [0, 0.05) is 19.3 Å². The van der Waals surface area contributed by atoms with Crippen molar-refractivity contribution >= 4 is 39.9 Å². The number of hydrogen-bond acceptors (Lipinski definition) is 3. The van der Waals surface area contributed by atoms with Crippen molar-refractivity contribution in [2.75, 3.05) is 0 Å². The fraction of sp³-hybridized carbons (Fsp3) is 0.737. The number of unbranched alkanes of at least 4 members (excludes halogenated alkanes) is 9. The van der Waals surface area contributed by atoms with Crippen LogP contribution < -0.4 is 0 Å². The Kier molecular flexibility index (Phi) is 23.4. The van der Waals surface area contributed by atoms with E-state index in [1.54, 1.807) is 12.4 Å². The molecule has 6 nitrogen and oxygen atoms in total. The van der Waals surface area contributed by atoms with E-state index in [4.69, 9.17) is 15.0 Å². The number of carbonyl (C=O) groups is 2. The Hall–Kier alpha value is -0.850. The Bertz CT molecular complexity index is 411. The average Bonchev–Trinajstić information content (AvgIpc) is 3.06. The Balaban J connectivity index is 0. The molecule has 1 heterocycles. The first-order valence-corrected chi connectivity index (χ1v) is 11.2. The van der Waals surface area contributed by atoms with Crippen molar-refractivity contribution in [3.05, 3.63) is 18.7 Å². The molecule has 26 heavy (non-hydrogen) atoms. The van der Waals surface area contributed by atoms with Gasteiger partial charge in [0.25, 0.3) is 5.97 Å².